The van der Waals surface area contributed by atoms with Crippen molar-refractivity contribution in [3.05, 3.63) is 100 Å². The molecule has 2 amide bonds. The van der Waals surface area contributed by atoms with Gasteiger partial charge in [-0.3, -0.25) is 9.36 Å². The zero-order chi connectivity index (χ0) is 22.5. The Morgan fingerprint density at radius 2 is 1.84 bits per heavy atom. The van der Waals surface area contributed by atoms with Gasteiger partial charge in [0, 0.05) is 13.6 Å². The summed E-state index contributed by atoms with van der Waals surface area (Å²) in [5, 5.41) is 3.55. The standard InChI is InChI=1S/C25H26N4O3/c1-3-22(23-27-21-14-8-7-13-20(21)24(30)28(23)2)29(17-19-12-9-15-32-19)25(31)26-16-18-10-5-4-6-11-18/h4-15,22H,3,16-17H2,1-2H3,(H,26,31). The van der Waals surface area contributed by atoms with Crippen LogP contribution in [0.15, 0.2) is 82.2 Å². The number of hydrogen-bond acceptors (Lipinski definition) is 4. The largest absolute Gasteiger partial charge is 0.467 e. The van der Waals surface area contributed by atoms with E-state index in [1.54, 1.807) is 30.3 Å². The first-order valence-corrected chi connectivity index (χ1v) is 10.6. The second-order valence-electron chi connectivity index (χ2n) is 7.63. The third-order valence-corrected chi connectivity index (χ3v) is 5.53. The van der Waals surface area contributed by atoms with Crippen molar-refractivity contribution >= 4 is 16.9 Å². The van der Waals surface area contributed by atoms with Crippen LogP contribution in [-0.2, 0) is 20.1 Å². The molecule has 4 aromatic rings. The van der Waals surface area contributed by atoms with E-state index in [0.29, 0.717) is 35.5 Å². The predicted molar refractivity (Wildman–Crippen MR) is 123 cm³/mol. The molecule has 0 radical (unpaired) electrons. The Kier molecular flexibility index (Phi) is 6.35. The third kappa shape index (κ3) is 4.42. The highest BCUT2D eigenvalue weighted by molar-refractivity contribution is 5.78. The summed E-state index contributed by atoms with van der Waals surface area (Å²) in [7, 11) is 1.70. The third-order valence-electron chi connectivity index (χ3n) is 5.53. The van der Waals surface area contributed by atoms with Crippen LogP contribution in [0.2, 0.25) is 0 Å². The molecule has 0 spiro atoms. The summed E-state index contributed by atoms with van der Waals surface area (Å²) in [6, 6.07) is 19.9. The van der Waals surface area contributed by atoms with Crippen LogP contribution in [0.1, 0.15) is 36.5 Å². The Morgan fingerprint density at radius 1 is 1.09 bits per heavy atom. The lowest BCUT2D eigenvalue weighted by Crippen LogP contribution is -2.43. The fourth-order valence-corrected chi connectivity index (χ4v) is 3.84. The molecule has 7 heteroatoms. The van der Waals surface area contributed by atoms with Gasteiger partial charge in [-0.05, 0) is 36.2 Å². The molecule has 0 saturated heterocycles. The van der Waals surface area contributed by atoms with Gasteiger partial charge in [0.05, 0.1) is 29.8 Å². The molecule has 32 heavy (non-hydrogen) atoms. The summed E-state index contributed by atoms with van der Waals surface area (Å²) in [6.07, 6.45) is 2.17. The molecule has 2 heterocycles. The van der Waals surface area contributed by atoms with Crippen molar-refractivity contribution in [3.8, 4) is 0 Å². The minimum absolute atomic E-state index is 0.133. The highest BCUT2D eigenvalue weighted by Crippen LogP contribution is 2.25. The molecular formula is C25H26N4O3. The van der Waals surface area contributed by atoms with E-state index in [9.17, 15) is 9.59 Å². The van der Waals surface area contributed by atoms with Gasteiger partial charge in [-0.15, -0.1) is 0 Å². The van der Waals surface area contributed by atoms with Crippen LogP contribution in [0.3, 0.4) is 0 Å². The van der Waals surface area contributed by atoms with E-state index < -0.39 is 6.04 Å². The average Bonchev–Trinajstić information content (AvgIpc) is 3.34. The van der Waals surface area contributed by atoms with Crippen molar-refractivity contribution < 1.29 is 9.21 Å². The fraction of sp³-hybridized carbons (Fsp3) is 0.240. The molecule has 1 unspecified atom stereocenters. The Balaban J connectivity index is 1.70. The molecular weight excluding hydrogens is 404 g/mol. The second kappa shape index (κ2) is 9.51. The van der Waals surface area contributed by atoms with Crippen molar-refractivity contribution in [2.45, 2.75) is 32.5 Å². The van der Waals surface area contributed by atoms with Crippen LogP contribution < -0.4 is 10.9 Å². The van der Waals surface area contributed by atoms with E-state index in [1.165, 1.54) is 4.57 Å². The molecule has 0 bridgehead atoms. The van der Waals surface area contributed by atoms with Crippen molar-refractivity contribution in [1.29, 1.82) is 0 Å². The van der Waals surface area contributed by atoms with Crippen molar-refractivity contribution in [3.63, 3.8) is 0 Å². The number of carbonyl (C=O) groups excluding carboxylic acids is 1. The summed E-state index contributed by atoms with van der Waals surface area (Å²) < 4.78 is 7.06. The number of para-hydroxylation sites is 1. The Morgan fingerprint density at radius 3 is 2.56 bits per heavy atom. The molecule has 0 fully saturated rings. The van der Waals surface area contributed by atoms with E-state index in [-0.39, 0.29) is 18.1 Å². The SMILES string of the molecule is CCC(c1nc2ccccc2c(=O)n1C)N(Cc1ccco1)C(=O)NCc1ccccc1. The Labute approximate surface area is 186 Å². The number of hydrogen-bond donors (Lipinski definition) is 1. The Bertz CT molecular complexity index is 1250. The maximum Gasteiger partial charge on any atom is 0.318 e. The van der Waals surface area contributed by atoms with Gasteiger partial charge in [0.15, 0.2) is 0 Å². The first-order valence-electron chi connectivity index (χ1n) is 10.6. The maximum atomic E-state index is 13.3. The zero-order valence-corrected chi connectivity index (χ0v) is 18.2. The molecule has 1 atom stereocenters. The number of nitrogens with zero attached hydrogens (tertiary/aromatic N) is 3. The van der Waals surface area contributed by atoms with Gasteiger partial charge in [0.25, 0.3) is 5.56 Å². The summed E-state index contributed by atoms with van der Waals surface area (Å²) in [5.41, 5.74) is 1.49. The van der Waals surface area contributed by atoms with Crippen molar-refractivity contribution in [1.82, 2.24) is 19.8 Å². The molecule has 1 N–H and O–H groups in total. The van der Waals surface area contributed by atoms with Gasteiger partial charge in [-0.25, -0.2) is 9.78 Å². The van der Waals surface area contributed by atoms with E-state index in [0.717, 1.165) is 5.56 Å². The summed E-state index contributed by atoms with van der Waals surface area (Å²) in [4.78, 5) is 32.8. The van der Waals surface area contributed by atoms with Crippen LogP contribution in [0.25, 0.3) is 10.9 Å². The van der Waals surface area contributed by atoms with Crippen LogP contribution in [-0.4, -0.2) is 20.5 Å². The van der Waals surface area contributed by atoms with E-state index in [1.807, 2.05) is 61.5 Å². The number of aromatic nitrogens is 2. The molecule has 0 aliphatic heterocycles. The number of nitrogens with one attached hydrogen (secondary N) is 1. The predicted octanol–water partition coefficient (Wildman–Crippen LogP) is 4.39. The number of fused-ring (bicyclic) bond motifs is 1. The van der Waals surface area contributed by atoms with Gasteiger partial charge in [0.1, 0.15) is 11.6 Å². The molecule has 164 valence electrons. The van der Waals surface area contributed by atoms with Gasteiger partial charge >= 0.3 is 6.03 Å². The molecule has 4 rings (SSSR count). The number of benzene rings is 2. The number of amides is 2. The van der Waals surface area contributed by atoms with E-state index in [2.05, 4.69) is 5.32 Å². The van der Waals surface area contributed by atoms with Gasteiger partial charge in [-0.2, -0.15) is 0 Å². The lowest BCUT2D eigenvalue weighted by molar-refractivity contribution is 0.156. The number of urea groups is 1. The Hall–Kier alpha value is -3.87. The first kappa shape index (κ1) is 21.4. The van der Waals surface area contributed by atoms with Crippen LogP contribution in [0, 0.1) is 0 Å². The second-order valence-corrected chi connectivity index (χ2v) is 7.63. The van der Waals surface area contributed by atoms with Crippen molar-refractivity contribution in [2.75, 3.05) is 0 Å². The van der Waals surface area contributed by atoms with Crippen LogP contribution in [0.4, 0.5) is 4.79 Å². The first-order chi connectivity index (χ1) is 15.6. The number of rotatable bonds is 7. The molecule has 0 aliphatic rings. The van der Waals surface area contributed by atoms with Crippen LogP contribution >= 0.6 is 0 Å². The molecule has 2 aromatic heterocycles. The molecule has 2 aromatic carbocycles. The highest BCUT2D eigenvalue weighted by Gasteiger charge is 2.28. The molecule has 0 aliphatic carbocycles. The number of carbonyl (C=O) groups is 1. The highest BCUT2D eigenvalue weighted by atomic mass is 16.3. The van der Waals surface area contributed by atoms with E-state index >= 15 is 0 Å². The smallest absolute Gasteiger partial charge is 0.318 e. The van der Waals surface area contributed by atoms with Gasteiger partial charge in [-0.1, -0.05) is 49.4 Å². The van der Waals surface area contributed by atoms with Crippen LogP contribution in [0.5, 0.6) is 0 Å². The zero-order valence-electron chi connectivity index (χ0n) is 18.2. The maximum absolute atomic E-state index is 13.3. The number of furan rings is 1. The average molecular weight is 431 g/mol. The molecule has 7 nitrogen and oxygen atoms in total. The summed E-state index contributed by atoms with van der Waals surface area (Å²) in [5.74, 6) is 1.20. The minimum Gasteiger partial charge on any atom is -0.467 e. The quantitative estimate of drug-likeness (QED) is 0.472. The minimum atomic E-state index is -0.418. The van der Waals surface area contributed by atoms with Crippen molar-refractivity contribution in [2.24, 2.45) is 7.05 Å². The van der Waals surface area contributed by atoms with Gasteiger partial charge < -0.3 is 14.6 Å². The fourth-order valence-electron chi connectivity index (χ4n) is 3.84. The monoisotopic (exact) mass is 430 g/mol. The van der Waals surface area contributed by atoms with Gasteiger partial charge in [0.2, 0.25) is 0 Å². The summed E-state index contributed by atoms with van der Waals surface area (Å²) >= 11 is 0. The molecule has 0 saturated carbocycles. The normalized spacial score (nSPS) is 11.9. The summed E-state index contributed by atoms with van der Waals surface area (Å²) in [6.45, 7) is 2.63. The lowest BCUT2D eigenvalue weighted by atomic mass is 10.1. The topological polar surface area (TPSA) is 80.4 Å². The lowest BCUT2D eigenvalue weighted by Gasteiger charge is -2.31. The van der Waals surface area contributed by atoms with E-state index in [4.69, 9.17) is 9.40 Å².